The molecule has 3 amide bonds. The van der Waals surface area contributed by atoms with Gasteiger partial charge in [-0.05, 0) is 32.4 Å². The van der Waals surface area contributed by atoms with Crippen LogP contribution in [0.3, 0.4) is 0 Å². The van der Waals surface area contributed by atoms with Crippen molar-refractivity contribution in [3.05, 3.63) is 23.9 Å². The average molecular weight is 294 g/mol. The van der Waals surface area contributed by atoms with E-state index in [0.29, 0.717) is 12.4 Å². The van der Waals surface area contributed by atoms with Gasteiger partial charge in [-0.2, -0.15) is 0 Å². The van der Waals surface area contributed by atoms with Gasteiger partial charge >= 0.3 is 12.1 Å². The highest BCUT2D eigenvalue weighted by Gasteiger charge is 2.15. The summed E-state index contributed by atoms with van der Waals surface area (Å²) < 4.78 is 5.13. The zero-order chi connectivity index (χ0) is 16.0. The first-order chi connectivity index (χ1) is 9.67. The molecule has 0 atom stereocenters. The second-order valence-corrected chi connectivity index (χ2v) is 5.73. The molecule has 7 nitrogen and oxygen atoms in total. The van der Waals surface area contributed by atoms with Crippen molar-refractivity contribution < 1.29 is 14.3 Å². The highest BCUT2D eigenvalue weighted by molar-refractivity contribution is 5.87. The van der Waals surface area contributed by atoms with Gasteiger partial charge in [-0.1, -0.05) is 6.07 Å². The molecule has 0 saturated heterocycles. The molecular weight excluding hydrogens is 272 g/mol. The van der Waals surface area contributed by atoms with E-state index in [-0.39, 0.29) is 6.03 Å². The topological polar surface area (TPSA) is 83.6 Å². The Kier molecular flexibility index (Phi) is 5.52. The van der Waals surface area contributed by atoms with E-state index in [2.05, 4.69) is 15.6 Å². The fraction of sp³-hybridized carbons (Fsp3) is 0.500. The smallest absolute Gasteiger partial charge is 0.407 e. The Morgan fingerprint density at radius 2 is 1.95 bits per heavy atom. The number of carbonyl (C=O) groups excluding carboxylic acids is 2. The van der Waals surface area contributed by atoms with Gasteiger partial charge in [0.25, 0.3) is 0 Å². The van der Waals surface area contributed by atoms with Crippen LogP contribution in [0, 0.1) is 0 Å². The van der Waals surface area contributed by atoms with Crippen LogP contribution in [-0.2, 0) is 11.3 Å². The number of amides is 3. The molecule has 1 aromatic heterocycles. The van der Waals surface area contributed by atoms with Gasteiger partial charge in [0.05, 0.1) is 0 Å². The highest BCUT2D eigenvalue weighted by Crippen LogP contribution is 2.08. The number of pyridine rings is 1. The third-order valence-electron chi connectivity index (χ3n) is 2.30. The molecule has 0 aliphatic carbocycles. The number of nitrogens with one attached hydrogen (secondary N) is 2. The van der Waals surface area contributed by atoms with Crippen LogP contribution in [0.4, 0.5) is 15.4 Å². The fourth-order valence-electron chi connectivity index (χ4n) is 1.31. The largest absolute Gasteiger partial charge is 0.444 e. The van der Waals surface area contributed by atoms with Crippen LogP contribution in [-0.4, -0.2) is 41.7 Å². The summed E-state index contributed by atoms with van der Waals surface area (Å²) in [4.78, 5) is 28.5. The van der Waals surface area contributed by atoms with E-state index in [4.69, 9.17) is 4.74 Å². The zero-order valence-corrected chi connectivity index (χ0v) is 13.1. The van der Waals surface area contributed by atoms with Crippen LogP contribution in [0.5, 0.6) is 0 Å². The van der Waals surface area contributed by atoms with E-state index in [0.717, 1.165) is 5.56 Å². The number of anilines is 1. The number of carbonyl (C=O) groups is 2. The number of nitrogens with zero attached hydrogens (tertiary/aromatic N) is 2. The Morgan fingerprint density at radius 1 is 1.29 bits per heavy atom. The lowest BCUT2D eigenvalue weighted by atomic mass is 10.2. The van der Waals surface area contributed by atoms with Gasteiger partial charge in [0.1, 0.15) is 11.4 Å². The summed E-state index contributed by atoms with van der Waals surface area (Å²) >= 11 is 0. The number of hydrogen-bond acceptors (Lipinski definition) is 4. The average Bonchev–Trinajstić information content (AvgIpc) is 2.35. The molecule has 2 N–H and O–H groups in total. The third kappa shape index (κ3) is 6.60. The Bertz CT molecular complexity index is 492. The van der Waals surface area contributed by atoms with E-state index < -0.39 is 11.7 Å². The van der Waals surface area contributed by atoms with Crippen molar-refractivity contribution in [2.45, 2.75) is 32.9 Å². The summed E-state index contributed by atoms with van der Waals surface area (Å²) in [5, 5.41) is 5.27. The Morgan fingerprint density at radius 3 is 2.43 bits per heavy atom. The Labute approximate surface area is 124 Å². The summed E-state index contributed by atoms with van der Waals surface area (Å²) in [7, 11) is 3.29. The summed E-state index contributed by atoms with van der Waals surface area (Å²) in [6, 6.07) is 3.20. The van der Waals surface area contributed by atoms with Gasteiger partial charge < -0.3 is 15.0 Å². The van der Waals surface area contributed by atoms with Crippen LogP contribution in [0.1, 0.15) is 26.3 Å². The predicted octanol–water partition coefficient (Wildman–Crippen LogP) is 2.20. The molecule has 116 valence electrons. The first-order valence-corrected chi connectivity index (χ1v) is 6.57. The van der Waals surface area contributed by atoms with Crippen molar-refractivity contribution in [1.82, 2.24) is 15.2 Å². The van der Waals surface area contributed by atoms with Gasteiger partial charge in [0.15, 0.2) is 0 Å². The third-order valence-corrected chi connectivity index (χ3v) is 2.30. The summed E-state index contributed by atoms with van der Waals surface area (Å²) in [6.45, 7) is 5.72. The lowest BCUT2D eigenvalue weighted by Crippen LogP contribution is -2.32. The maximum absolute atomic E-state index is 11.5. The van der Waals surface area contributed by atoms with Crippen molar-refractivity contribution in [1.29, 1.82) is 0 Å². The number of ether oxygens (including phenoxy) is 1. The van der Waals surface area contributed by atoms with Gasteiger partial charge in [-0.25, -0.2) is 14.6 Å². The van der Waals surface area contributed by atoms with Crippen LogP contribution < -0.4 is 10.6 Å². The first-order valence-electron chi connectivity index (χ1n) is 6.57. The van der Waals surface area contributed by atoms with Crippen molar-refractivity contribution in [2.24, 2.45) is 0 Å². The number of hydrogen-bond donors (Lipinski definition) is 2. The molecule has 21 heavy (non-hydrogen) atoms. The van der Waals surface area contributed by atoms with E-state index in [1.807, 2.05) is 0 Å². The molecule has 0 fully saturated rings. The molecule has 0 aromatic carbocycles. The minimum absolute atomic E-state index is 0.248. The van der Waals surface area contributed by atoms with Crippen molar-refractivity contribution >= 4 is 17.9 Å². The summed E-state index contributed by atoms with van der Waals surface area (Å²) in [5.41, 5.74) is 0.284. The van der Waals surface area contributed by atoms with E-state index in [1.165, 1.54) is 4.90 Å². The Balaban J connectivity index is 2.48. The lowest BCUT2D eigenvalue weighted by Gasteiger charge is -2.19. The van der Waals surface area contributed by atoms with E-state index in [1.54, 1.807) is 53.2 Å². The normalized spacial score (nSPS) is 10.7. The van der Waals surface area contributed by atoms with Crippen LogP contribution >= 0.6 is 0 Å². The zero-order valence-electron chi connectivity index (χ0n) is 13.1. The standard InChI is InChI=1S/C14H22N4O3/c1-14(2,3)21-13(20)16-9-10-6-7-11(15-8-10)17-12(19)18(4)5/h6-8H,9H2,1-5H3,(H,16,20)(H,15,17,19). The molecule has 7 heteroatoms. The van der Waals surface area contributed by atoms with Crippen molar-refractivity contribution in [2.75, 3.05) is 19.4 Å². The first kappa shape index (κ1) is 16.7. The second kappa shape index (κ2) is 6.92. The maximum Gasteiger partial charge on any atom is 0.407 e. The molecule has 1 rings (SSSR count). The van der Waals surface area contributed by atoms with Crippen molar-refractivity contribution in [3.63, 3.8) is 0 Å². The molecular formula is C14H22N4O3. The van der Waals surface area contributed by atoms with Crippen molar-refractivity contribution in [3.8, 4) is 0 Å². The maximum atomic E-state index is 11.5. The fourth-order valence-corrected chi connectivity index (χ4v) is 1.31. The lowest BCUT2D eigenvalue weighted by molar-refractivity contribution is 0.0523. The molecule has 1 aromatic rings. The molecule has 0 aliphatic heterocycles. The SMILES string of the molecule is CN(C)C(=O)Nc1ccc(CNC(=O)OC(C)(C)C)cn1. The van der Waals surface area contributed by atoms with Gasteiger partial charge in [-0.15, -0.1) is 0 Å². The quantitative estimate of drug-likeness (QED) is 0.895. The predicted molar refractivity (Wildman–Crippen MR) is 80.0 cm³/mol. The van der Waals surface area contributed by atoms with E-state index >= 15 is 0 Å². The molecule has 1 heterocycles. The van der Waals surface area contributed by atoms with Gasteiger partial charge in [0.2, 0.25) is 0 Å². The molecule has 0 radical (unpaired) electrons. The number of alkyl carbamates (subject to hydrolysis) is 1. The van der Waals surface area contributed by atoms with E-state index in [9.17, 15) is 9.59 Å². The second-order valence-electron chi connectivity index (χ2n) is 5.73. The van der Waals surface area contributed by atoms with Crippen LogP contribution in [0.25, 0.3) is 0 Å². The molecule has 0 unspecified atom stereocenters. The monoisotopic (exact) mass is 294 g/mol. The van der Waals surface area contributed by atoms with Crippen LogP contribution in [0.2, 0.25) is 0 Å². The molecule has 0 bridgehead atoms. The minimum Gasteiger partial charge on any atom is -0.444 e. The van der Waals surface area contributed by atoms with Gasteiger partial charge in [-0.3, -0.25) is 5.32 Å². The minimum atomic E-state index is -0.525. The number of aromatic nitrogens is 1. The molecule has 0 spiro atoms. The molecule has 0 saturated carbocycles. The summed E-state index contributed by atoms with van der Waals surface area (Å²) in [5.74, 6) is 0.453. The molecule has 0 aliphatic rings. The summed E-state index contributed by atoms with van der Waals surface area (Å²) in [6.07, 6.45) is 1.11. The van der Waals surface area contributed by atoms with Crippen LogP contribution in [0.15, 0.2) is 18.3 Å². The number of urea groups is 1. The Hall–Kier alpha value is -2.31. The highest BCUT2D eigenvalue weighted by atomic mass is 16.6. The number of rotatable bonds is 3. The van der Waals surface area contributed by atoms with Gasteiger partial charge in [0, 0.05) is 26.8 Å².